The van der Waals surface area contributed by atoms with Gasteiger partial charge in [0, 0.05) is 19.1 Å². The Morgan fingerprint density at radius 1 is 0.950 bits per heavy atom. The van der Waals surface area contributed by atoms with Gasteiger partial charge in [-0.05, 0) is 44.9 Å². The first-order valence-corrected chi connectivity index (χ1v) is 7.96. The largest absolute Gasteiger partial charge is 0.353 e. The highest BCUT2D eigenvalue weighted by Gasteiger charge is 2.19. The van der Waals surface area contributed by atoms with Crippen molar-refractivity contribution >= 4 is 0 Å². The Hall–Kier alpha value is -0.420. The molecule has 2 atom stereocenters. The summed E-state index contributed by atoms with van der Waals surface area (Å²) in [5.74, 6) is 0.337. The summed E-state index contributed by atoms with van der Waals surface area (Å²) in [5, 5.41) is 0. The summed E-state index contributed by atoms with van der Waals surface area (Å²) in [6.07, 6.45) is 9.49. The van der Waals surface area contributed by atoms with Gasteiger partial charge < -0.3 is 18.9 Å². The second kappa shape index (κ2) is 9.50. The molecule has 2 aliphatic rings. The molecule has 0 aromatic carbocycles. The van der Waals surface area contributed by atoms with E-state index in [1.807, 2.05) is 6.08 Å². The van der Waals surface area contributed by atoms with Crippen molar-refractivity contribution in [2.75, 3.05) is 26.4 Å². The topological polar surface area (TPSA) is 36.9 Å². The van der Waals surface area contributed by atoms with Crippen LogP contribution < -0.4 is 0 Å². The molecule has 20 heavy (non-hydrogen) atoms. The molecule has 0 radical (unpaired) electrons. The molecule has 0 spiro atoms. The van der Waals surface area contributed by atoms with Crippen molar-refractivity contribution in [1.82, 2.24) is 0 Å². The third kappa shape index (κ3) is 5.92. The summed E-state index contributed by atoms with van der Waals surface area (Å²) >= 11 is 0. The van der Waals surface area contributed by atoms with Gasteiger partial charge in [-0.25, -0.2) is 0 Å². The number of hydrogen-bond donors (Lipinski definition) is 0. The van der Waals surface area contributed by atoms with E-state index in [2.05, 4.69) is 6.58 Å². The summed E-state index contributed by atoms with van der Waals surface area (Å²) in [7, 11) is 0. The monoisotopic (exact) mass is 284 g/mol. The smallest absolute Gasteiger partial charge is 0.157 e. The molecule has 0 amide bonds. The third-order valence-corrected chi connectivity index (χ3v) is 3.81. The van der Waals surface area contributed by atoms with Gasteiger partial charge in [-0.15, -0.1) is 6.58 Å². The highest BCUT2D eigenvalue weighted by Crippen LogP contribution is 2.18. The molecule has 2 rings (SSSR count). The van der Waals surface area contributed by atoms with Crippen LogP contribution in [0.3, 0.4) is 0 Å². The van der Waals surface area contributed by atoms with Gasteiger partial charge in [0.1, 0.15) is 0 Å². The molecule has 2 saturated heterocycles. The van der Waals surface area contributed by atoms with Crippen molar-refractivity contribution in [1.29, 1.82) is 0 Å². The average Bonchev–Trinajstić information content (AvgIpc) is 2.52. The van der Waals surface area contributed by atoms with Gasteiger partial charge in [-0.1, -0.05) is 6.08 Å². The van der Waals surface area contributed by atoms with Crippen LogP contribution in [0.5, 0.6) is 0 Å². The fourth-order valence-corrected chi connectivity index (χ4v) is 2.59. The minimum atomic E-state index is -0.0259. The lowest BCUT2D eigenvalue weighted by Gasteiger charge is -2.27. The molecule has 0 aromatic rings. The van der Waals surface area contributed by atoms with Gasteiger partial charge in [-0.3, -0.25) is 0 Å². The molecular formula is C16H28O4. The summed E-state index contributed by atoms with van der Waals surface area (Å²) in [6.45, 7) is 6.80. The molecule has 0 bridgehead atoms. The van der Waals surface area contributed by atoms with Gasteiger partial charge in [0.25, 0.3) is 0 Å². The second-order valence-electron chi connectivity index (χ2n) is 5.65. The Kier molecular flexibility index (Phi) is 7.58. The molecule has 2 unspecified atom stereocenters. The van der Waals surface area contributed by atoms with E-state index in [1.54, 1.807) is 0 Å². The number of rotatable bonds is 8. The molecule has 0 N–H and O–H groups in total. The zero-order valence-electron chi connectivity index (χ0n) is 12.4. The molecule has 2 aliphatic heterocycles. The van der Waals surface area contributed by atoms with E-state index < -0.39 is 0 Å². The van der Waals surface area contributed by atoms with Crippen molar-refractivity contribution in [3.05, 3.63) is 12.7 Å². The SMILES string of the molecule is C=CCC(COC1CCCCO1)COC1CCCCO1. The van der Waals surface area contributed by atoms with Crippen LogP contribution in [0.4, 0.5) is 0 Å². The predicted octanol–water partition coefficient (Wildman–Crippen LogP) is 3.27. The van der Waals surface area contributed by atoms with Crippen LogP contribution in [-0.2, 0) is 18.9 Å². The second-order valence-corrected chi connectivity index (χ2v) is 5.65. The molecule has 4 nitrogen and oxygen atoms in total. The maximum atomic E-state index is 5.85. The number of ether oxygens (including phenoxy) is 4. The Labute approximate surface area is 122 Å². The lowest BCUT2D eigenvalue weighted by atomic mass is 10.1. The molecular weight excluding hydrogens is 256 g/mol. The van der Waals surface area contributed by atoms with Crippen LogP contribution in [-0.4, -0.2) is 39.0 Å². The molecule has 0 aromatic heterocycles. The van der Waals surface area contributed by atoms with Crippen LogP contribution in [0.15, 0.2) is 12.7 Å². The van der Waals surface area contributed by atoms with Crippen molar-refractivity contribution in [2.24, 2.45) is 5.92 Å². The minimum Gasteiger partial charge on any atom is -0.353 e. The Morgan fingerprint density at radius 3 is 1.90 bits per heavy atom. The van der Waals surface area contributed by atoms with Gasteiger partial charge in [-0.2, -0.15) is 0 Å². The van der Waals surface area contributed by atoms with Crippen LogP contribution in [0.1, 0.15) is 44.9 Å². The van der Waals surface area contributed by atoms with Gasteiger partial charge in [0.15, 0.2) is 12.6 Å². The van der Waals surface area contributed by atoms with E-state index in [4.69, 9.17) is 18.9 Å². The third-order valence-electron chi connectivity index (χ3n) is 3.81. The van der Waals surface area contributed by atoms with Crippen LogP contribution in [0.2, 0.25) is 0 Å². The highest BCUT2D eigenvalue weighted by atomic mass is 16.7. The molecule has 0 aliphatic carbocycles. The van der Waals surface area contributed by atoms with Crippen molar-refractivity contribution in [3.8, 4) is 0 Å². The molecule has 0 saturated carbocycles. The van der Waals surface area contributed by atoms with Crippen molar-refractivity contribution in [2.45, 2.75) is 57.5 Å². The van der Waals surface area contributed by atoms with Gasteiger partial charge in [0.2, 0.25) is 0 Å². The Balaban J connectivity index is 1.64. The minimum absolute atomic E-state index is 0.0259. The molecule has 2 fully saturated rings. The standard InChI is InChI=1S/C16H28O4/c1-2-7-14(12-19-15-8-3-5-10-17-15)13-20-16-9-4-6-11-18-16/h2,14-16H,1,3-13H2. The van der Waals surface area contributed by atoms with Crippen molar-refractivity contribution < 1.29 is 18.9 Å². The fraction of sp³-hybridized carbons (Fsp3) is 0.875. The molecule has 116 valence electrons. The average molecular weight is 284 g/mol. The first-order chi connectivity index (χ1) is 9.88. The van der Waals surface area contributed by atoms with Crippen LogP contribution in [0, 0.1) is 5.92 Å². The quantitative estimate of drug-likeness (QED) is 0.641. The van der Waals surface area contributed by atoms with Crippen LogP contribution in [0.25, 0.3) is 0 Å². The molecule has 4 heteroatoms. The zero-order valence-corrected chi connectivity index (χ0v) is 12.4. The summed E-state index contributed by atoms with van der Waals surface area (Å²) < 4.78 is 22.9. The fourth-order valence-electron chi connectivity index (χ4n) is 2.59. The number of hydrogen-bond acceptors (Lipinski definition) is 4. The van der Waals surface area contributed by atoms with Gasteiger partial charge >= 0.3 is 0 Å². The van der Waals surface area contributed by atoms with E-state index >= 15 is 0 Å². The maximum absolute atomic E-state index is 5.85. The van der Waals surface area contributed by atoms with E-state index in [0.717, 1.165) is 45.3 Å². The van der Waals surface area contributed by atoms with E-state index in [-0.39, 0.29) is 12.6 Å². The first-order valence-electron chi connectivity index (χ1n) is 7.96. The normalized spacial score (nSPS) is 29.0. The number of allylic oxidation sites excluding steroid dienone is 1. The van der Waals surface area contributed by atoms with Gasteiger partial charge in [0.05, 0.1) is 13.2 Å². The highest BCUT2D eigenvalue weighted by molar-refractivity contribution is 4.73. The predicted molar refractivity (Wildman–Crippen MR) is 77.4 cm³/mol. The van der Waals surface area contributed by atoms with E-state index in [0.29, 0.717) is 19.1 Å². The lowest BCUT2D eigenvalue weighted by molar-refractivity contribution is -0.190. The maximum Gasteiger partial charge on any atom is 0.157 e. The van der Waals surface area contributed by atoms with E-state index in [9.17, 15) is 0 Å². The Morgan fingerprint density at radius 2 is 1.50 bits per heavy atom. The van der Waals surface area contributed by atoms with Crippen LogP contribution >= 0.6 is 0 Å². The zero-order chi connectivity index (χ0) is 14.0. The summed E-state index contributed by atoms with van der Waals surface area (Å²) in [4.78, 5) is 0. The summed E-state index contributed by atoms with van der Waals surface area (Å²) in [5.41, 5.74) is 0. The summed E-state index contributed by atoms with van der Waals surface area (Å²) in [6, 6.07) is 0. The van der Waals surface area contributed by atoms with Crippen molar-refractivity contribution in [3.63, 3.8) is 0 Å². The first kappa shape index (κ1) is 16.0. The van der Waals surface area contributed by atoms with E-state index in [1.165, 1.54) is 12.8 Å². The lowest BCUT2D eigenvalue weighted by Crippen LogP contribution is -2.29. The molecule has 2 heterocycles. The Bertz CT molecular complexity index is 235.